The van der Waals surface area contributed by atoms with E-state index < -0.39 is 17.7 Å². The van der Waals surface area contributed by atoms with E-state index in [1.54, 1.807) is 12.1 Å². The Hall–Kier alpha value is -1.94. The van der Waals surface area contributed by atoms with Gasteiger partial charge in [-0.05, 0) is 30.5 Å². The lowest BCUT2D eigenvalue weighted by molar-refractivity contribution is 0.208. The summed E-state index contributed by atoms with van der Waals surface area (Å²) in [5.41, 5.74) is 2.10. The molecule has 20 heavy (non-hydrogen) atoms. The number of benzene rings is 2. The molecule has 1 unspecified atom stereocenters. The molecule has 2 aromatic rings. The zero-order valence-corrected chi connectivity index (χ0v) is 11.6. The summed E-state index contributed by atoms with van der Waals surface area (Å²) in [6.45, 7) is 3.81. The number of methoxy groups -OCH3 is 1. The molecule has 2 aromatic carbocycles. The van der Waals surface area contributed by atoms with Crippen LogP contribution in [0.25, 0.3) is 0 Å². The summed E-state index contributed by atoms with van der Waals surface area (Å²) in [5.74, 6) is -1.57. The normalized spacial score (nSPS) is 12.3. The molecule has 0 heterocycles. The topological polar surface area (TPSA) is 29.5 Å². The van der Waals surface area contributed by atoms with Crippen molar-refractivity contribution in [2.75, 3.05) is 7.11 Å². The van der Waals surface area contributed by atoms with Gasteiger partial charge in [0.05, 0.1) is 12.7 Å². The van der Waals surface area contributed by atoms with Crippen LogP contribution in [0.15, 0.2) is 30.3 Å². The van der Waals surface area contributed by atoms with Gasteiger partial charge in [-0.3, -0.25) is 0 Å². The fourth-order valence-electron chi connectivity index (χ4n) is 2.04. The second-order valence-electron chi connectivity index (χ2n) is 4.75. The van der Waals surface area contributed by atoms with Crippen molar-refractivity contribution in [3.63, 3.8) is 0 Å². The zero-order valence-electron chi connectivity index (χ0n) is 11.6. The van der Waals surface area contributed by atoms with Gasteiger partial charge in [0, 0.05) is 12.1 Å². The van der Waals surface area contributed by atoms with Crippen LogP contribution in [0, 0.1) is 25.5 Å². The Morgan fingerprint density at radius 2 is 1.60 bits per heavy atom. The lowest BCUT2D eigenvalue weighted by atomic mass is 9.97. The molecule has 4 heteroatoms. The molecule has 0 saturated carbocycles. The summed E-state index contributed by atoms with van der Waals surface area (Å²) in [4.78, 5) is 0. The Bertz CT molecular complexity index is 615. The average molecular weight is 278 g/mol. The summed E-state index contributed by atoms with van der Waals surface area (Å²) in [6, 6.07) is 7.32. The highest BCUT2D eigenvalue weighted by molar-refractivity contribution is 5.39. The minimum absolute atomic E-state index is 0.0797. The zero-order chi connectivity index (χ0) is 14.9. The molecule has 0 fully saturated rings. The predicted molar refractivity (Wildman–Crippen MR) is 72.9 cm³/mol. The van der Waals surface area contributed by atoms with Crippen molar-refractivity contribution in [2.24, 2.45) is 0 Å². The van der Waals surface area contributed by atoms with Gasteiger partial charge in [-0.25, -0.2) is 8.78 Å². The predicted octanol–water partition coefficient (Wildman–Crippen LogP) is 3.67. The molecular weight excluding hydrogens is 262 g/mol. The molecule has 0 aliphatic carbocycles. The van der Waals surface area contributed by atoms with E-state index in [0.717, 1.165) is 23.3 Å². The number of ether oxygens (including phenoxy) is 1. The lowest BCUT2D eigenvalue weighted by Crippen LogP contribution is -2.07. The molecule has 1 atom stereocenters. The van der Waals surface area contributed by atoms with Crippen molar-refractivity contribution in [1.82, 2.24) is 0 Å². The molecular formula is C16H16F2O2. The monoisotopic (exact) mass is 278 g/mol. The molecule has 0 amide bonds. The van der Waals surface area contributed by atoms with Crippen molar-refractivity contribution < 1.29 is 18.6 Å². The Kier molecular flexibility index (Phi) is 4.04. The molecule has 0 bridgehead atoms. The van der Waals surface area contributed by atoms with Gasteiger partial charge < -0.3 is 9.84 Å². The fourth-order valence-corrected chi connectivity index (χ4v) is 2.04. The van der Waals surface area contributed by atoms with Gasteiger partial charge in [0.25, 0.3) is 0 Å². The number of aryl methyl sites for hydroxylation is 2. The highest BCUT2D eigenvalue weighted by atomic mass is 19.1. The molecule has 0 aliphatic rings. The maximum absolute atomic E-state index is 13.9. The first-order valence-corrected chi connectivity index (χ1v) is 6.22. The molecule has 0 aliphatic heterocycles. The van der Waals surface area contributed by atoms with Gasteiger partial charge in [0.2, 0.25) is 0 Å². The number of aliphatic hydroxyl groups excluding tert-OH is 1. The van der Waals surface area contributed by atoms with Crippen molar-refractivity contribution >= 4 is 0 Å². The van der Waals surface area contributed by atoms with Crippen LogP contribution in [0.2, 0.25) is 0 Å². The largest absolute Gasteiger partial charge is 0.497 e. The van der Waals surface area contributed by atoms with E-state index in [9.17, 15) is 13.9 Å². The maximum atomic E-state index is 13.9. The molecule has 0 radical (unpaired) electrons. The van der Waals surface area contributed by atoms with E-state index in [1.807, 2.05) is 19.9 Å². The van der Waals surface area contributed by atoms with Gasteiger partial charge >= 0.3 is 0 Å². The Labute approximate surface area is 116 Å². The van der Waals surface area contributed by atoms with Gasteiger partial charge in [-0.2, -0.15) is 0 Å². The van der Waals surface area contributed by atoms with Crippen LogP contribution in [0.4, 0.5) is 8.78 Å². The van der Waals surface area contributed by atoms with E-state index in [2.05, 4.69) is 0 Å². The second-order valence-corrected chi connectivity index (χ2v) is 4.75. The van der Waals surface area contributed by atoms with E-state index >= 15 is 0 Å². The third kappa shape index (κ3) is 2.65. The average Bonchev–Trinajstić information content (AvgIpc) is 2.40. The van der Waals surface area contributed by atoms with Crippen LogP contribution in [0.1, 0.15) is 28.4 Å². The van der Waals surface area contributed by atoms with Crippen LogP contribution >= 0.6 is 0 Å². The lowest BCUT2D eigenvalue weighted by Gasteiger charge is -2.15. The summed E-state index contributed by atoms with van der Waals surface area (Å²) < 4.78 is 32.7. The Morgan fingerprint density at radius 3 is 2.10 bits per heavy atom. The first kappa shape index (κ1) is 14.5. The van der Waals surface area contributed by atoms with Crippen LogP contribution < -0.4 is 4.74 Å². The van der Waals surface area contributed by atoms with Gasteiger partial charge in [0.1, 0.15) is 23.5 Å². The fraction of sp³-hybridized carbons (Fsp3) is 0.250. The Balaban J connectivity index is 2.47. The summed E-state index contributed by atoms with van der Waals surface area (Å²) in [5, 5.41) is 10.2. The number of aliphatic hydroxyl groups is 1. The number of hydrogen-bond donors (Lipinski definition) is 1. The minimum Gasteiger partial charge on any atom is -0.497 e. The Morgan fingerprint density at radius 1 is 1.00 bits per heavy atom. The van der Waals surface area contributed by atoms with Crippen LogP contribution in [-0.4, -0.2) is 12.2 Å². The highest BCUT2D eigenvalue weighted by Crippen LogP contribution is 2.30. The molecule has 0 saturated heterocycles. The standard InChI is InChI=1S/C16H16F2O2/c1-9-4-5-11(6-10(9)2)16(19)15-13(17)7-12(20-3)8-14(15)18/h4-8,16,19H,1-3H3. The van der Waals surface area contributed by atoms with Gasteiger partial charge in [-0.1, -0.05) is 18.2 Å². The van der Waals surface area contributed by atoms with Crippen molar-refractivity contribution in [3.8, 4) is 5.75 Å². The summed E-state index contributed by atoms with van der Waals surface area (Å²) >= 11 is 0. The molecule has 1 N–H and O–H groups in total. The van der Waals surface area contributed by atoms with E-state index in [1.165, 1.54) is 7.11 Å². The first-order valence-electron chi connectivity index (χ1n) is 6.22. The van der Waals surface area contributed by atoms with E-state index in [4.69, 9.17) is 4.74 Å². The van der Waals surface area contributed by atoms with Crippen LogP contribution in [0.5, 0.6) is 5.75 Å². The van der Waals surface area contributed by atoms with Gasteiger partial charge in [0.15, 0.2) is 0 Å². The first-order chi connectivity index (χ1) is 9.43. The van der Waals surface area contributed by atoms with Crippen molar-refractivity contribution in [3.05, 3.63) is 64.2 Å². The van der Waals surface area contributed by atoms with Crippen molar-refractivity contribution in [1.29, 1.82) is 0 Å². The highest BCUT2D eigenvalue weighted by Gasteiger charge is 2.21. The smallest absolute Gasteiger partial charge is 0.135 e. The van der Waals surface area contributed by atoms with E-state index in [0.29, 0.717) is 5.56 Å². The molecule has 2 nitrogen and oxygen atoms in total. The molecule has 106 valence electrons. The van der Waals surface area contributed by atoms with Crippen LogP contribution in [0.3, 0.4) is 0 Å². The van der Waals surface area contributed by atoms with Crippen LogP contribution in [-0.2, 0) is 0 Å². The SMILES string of the molecule is COc1cc(F)c(C(O)c2ccc(C)c(C)c2)c(F)c1. The van der Waals surface area contributed by atoms with Crippen molar-refractivity contribution in [2.45, 2.75) is 20.0 Å². The molecule has 2 rings (SSSR count). The maximum Gasteiger partial charge on any atom is 0.135 e. The number of hydrogen-bond acceptors (Lipinski definition) is 2. The molecule has 0 aromatic heterocycles. The summed E-state index contributed by atoms with van der Waals surface area (Å²) in [7, 11) is 1.33. The minimum atomic E-state index is -1.35. The number of halogens is 2. The third-order valence-corrected chi connectivity index (χ3v) is 3.41. The summed E-state index contributed by atoms with van der Waals surface area (Å²) in [6.07, 6.45) is -1.35. The van der Waals surface area contributed by atoms with E-state index in [-0.39, 0.29) is 11.3 Å². The number of rotatable bonds is 3. The second kappa shape index (κ2) is 5.59. The third-order valence-electron chi connectivity index (χ3n) is 3.41. The molecule has 0 spiro atoms. The van der Waals surface area contributed by atoms with Gasteiger partial charge in [-0.15, -0.1) is 0 Å². The quantitative estimate of drug-likeness (QED) is 0.928.